The van der Waals surface area contributed by atoms with Gasteiger partial charge in [0.1, 0.15) is 5.92 Å². The molecule has 1 heterocycles. The van der Waals surface area contributed by atoms with Crippen LogP contribution >= 0.6 is 11.3 Å². The van der Waals surface area contributed by atoms with E-state index in [9.17, 15) is 22.8 Å². The molecule has 0 saturated carbocycles. The lowest BCUT2D eigenvalue weighted by Crippen LogP contribution is -2.39. The predicted octanol–water partition coefficient (Wildman–Crippen LogP) is 5.51. The summed E-state index contributed by atoms with van der Waals surface area (Å²) in [7, 11) is 0. The van der Waals surface area contributed by atoms with Crippen LogP contribution in [0.2, 0.25) is 0 Å². The number of carbonyl (C=O) groups excluding carboxylic acids is 2. The number of thiophene rings is 1. The van der Waals surface area contributed by atoms with Crippen molar-refractivity contribution in [3.63, 3.8) is 0 Å². The van der Waals surface area contributed by atoms with Crippen molar-refractivity contribution in [1.29, 1.82) is 0 Å². The third kappa shape index (κ3) is 4.17. The maximum atomic E-state index is 13.4. The minimum atomic E-state index is -5.11. The number of alkyl halides is 3. The molecule has 3 rings (SSSR count). The summed E-state index contributed by atoms with van der Waals surface area (Å²) in [5, 5.41) is 1.60. The SMILES string of the molecule is O=C(c1cccs1)C(C(=O)C(F)(F)F)C(c1ccccc1)c1ccccc1. The summed E-state index contributed by atoms with van der Waals surface area (Å²) in [6.45, 7) is 0. The first kappa shape index (κ1) is 19.0. The molecule has 0 saturated heterocycles. The van der Waals surface area contributed by atoms with Gasteiger partial charge in [-0.25, -0.2) is 0 Å². The zero-order valence-corrected chi connectivity index (χ0v) is 14.8. The van der Waals surface area contributed by atoms with Gasteiger partial charge >= 0.3 is 6.18 Å². The second kappa shape index (κ2) is 7.88. The van der Waals surface area contributed by atoms with Gasteiger partial charge in [0.2, 0.25) is 5.78 Å². The van der Waals surface area contributed by atoms with Crippen LogP contribution in [0.15, 0.2) is 78.2 Å². The Labute approximate surface area is 158 Å². The first-order chi connectivity index (χ1) is 12.9. The lowest BCUT2D eigenvalue weighted by molar-refractivity contribution is -0.174. The van der Waals surface area contributed by atoms with Crippen LogP contribution in [0.4, 0.5) is 13.2 Å². The topological polar surface area (TPSA) is 34.1 Å². The molecule has 3 aromatic rings. The second-order valence-electron chi connectivity index (χ2n) is 5.98. The number of hydrogen-bond donors (Lipinski definition) is 0. The number of rotatable bonds is 6. The van der Waals surface area contributed by atoms with Crippen LogP contribution in [0.25, 0.3) is 0 Å². The highest BCUT2D eigenvalue weighted by Gasteiger charge is 2.50. The molecule has 138 valence electrons. The van der Waals surface area contributed by atoms with E-state index in [0.29, 0.717) is 11.1 Å². The molecular weight excluding hydrogens is 373 g/mol. The Kier molecular flexibility index (Phi) is 5.56. The van der Waals surface area contributed by atoms with Crippen molar-refractivity contribution in [3.8, 4) is 0 Å². The van der Waals surface area contributed by atoms with Crippen LogP contribution in [-0.2, 0) is 4.79 Å². The van der Waals surface area contributed by atoms with Crippen molar-refractivity contribution in [2.24, 2.45) is 5.92 Å². The summed E-state index contributed by atoms with van der Waals surface area (Å²) in [6, 6.07) is 19.7. The molecule has 1 unspecified atom stereocenters. The third-order valence-electron chi connectivity index (χ3n) is 4.26. The minimum absolute atomic E-state index is 0.134. The first-order valence-corrected chi connectivity index (χ1v) is 9.06. The smallest absolute Gasteiger partial charge is 0.292 e. The van der Waals surface area contributed by atoms with Crippen LogP contribution < -0.4 is 0 Å². The molecule has 0 aliphatic rings. The summed E-state index contributed by atoms with van der Waals surface area (Å²) in [6.07, 6.45) is -5.11. The van der Waals surface area contributed by atoms with Crippen molar-refractivity contribution >= 4 is 22.9 Å². The van der Waals surface area contributed by atoms with E-state index in [4.69, 9.17) is 0 Å². The molecule has 0 radical (unpaired) electrons. The summed E-state index contributed by atoms with van der Waals surface area (Å²) in [4.78, 5) is 25.5. The van der Waals surface area contributed by atoms with Crippen molar-refractivity contribution < 1.29 is 22.8 Å². The molecular formula is C21H15F3O2S. The molecule has 2 aromatic carbocycles. The van der Waals surface area contributed by atoms with Gasteiger partial charge in [0.05, 0.1) is 4.88 Å². The zero-order valence-electron chi connectivity index (χ0n) is 14.0. The Hall–Kier alpha value is -2.73. The Morgan fingerprint density at radius 2 is 1.30 bits per heavy atom. The highest BCUT2D eigenvalue weighted by Crippen LogP contribution is 2.38. The van der Waals surface area contributed by atoms with E-state index in [1.807, 2.05) is 0 Å². The fraction of sp³-hybridized carbons (Fsp3) is 0.143. The molecule has 2 nitrogen and oxygen atoms in total. The molecule has 0 aliphatic heterocycles. The number of ketones is 2. The summed E-state index contributed by atoms with van der Waals surface area (Å²) in [5.41, 5.74) is 0.965. The maximum Gasteiger partial charge on any atom is 0.450 e. The number of hydrogen-bond acceptors (Lipinski definition) is 3. The van der Waals surface area contributed by atoms with Gasteiger partial charge in [-0.2, -0.15) is 13.2 Å². The number of Topliss-reactive ketones (excluding diaryl/α,β-unsaturated/α-hetero) is 2. The molecule has 6 heteroatoms. The molecule has 27 heavy (non-hydrogen) atoms. The van der Waals surface area contributed by atoms with Crippen LogP contribution in [0.5, 0.6) is 0 Å². The average molecular weight is 388 g/mol. The van der Waals surface area contributed by atoms with E-state index in [0.717, 1.165) is 11.3 Å². The van der Waals surface area contributed by atoms with E-state index >= 15 is 0 Å². The lowest BCUT2D eigenvalue weighted by atomic mass is 9.76. The first-order valence-electron chi connectivity index (χ1n) is 8.18. The Bertz CT molecular complexity index is 864. The van der Waals surface area contributed by atoms with E-state index in [1.54, 1.807) is 72.1 Å². The fourth-order valence-corrected chi connectivity index (χ4v) is 3.77. The van der Waals surface area contributed by atoms with Gasteiger partial charge in [-0.1, -0.05) is 66.7 Å². The largest absolute Gasteiger partial charge is 0.450 e. The quantitative estimate of drug-likeness (QED) is 0.412. The van der Waals surface area contributed by atoms with Crippen LogP contribution in [0.3, 0.4) is 0 Å². The molecule has 1 atom stereocenters. The van der Waals surface area contributed by atoms with Crippen molar-refractivity contribution in [2.75, 3.05) is 0 Å². The molecule has 0 bridgehead atoms. The number of benzene rings is 2. The minimum Gasteiger partial charge on any atom is -0.292 e. The van der Waals surface area contributed by atoms with Gasteiger partial charge in [0, 0.05) is 5.92 Å². The van der Waals surface area contributed by atoms with E-state index in [1.165, 1.54) is 6.07 Å². The van der Waals surface area contributed by atoms with Gasteiger partial charge in [0.15, 0.2) is 5.78 Å². The van der Waals surface area contributed by atoms with Crippen LogP contribution in [0, 0.1) is 5.92 Å². The molecule has 0 amide bonds. The Balaban J connectivity index is 2.19. The maximum absolute atomic E-state index is 13.4. The van der Waals surface area contributed by atoms with Crippen LogP contribution in [0.1, 0.15) is 26.7 Å². The molecule has 1 aromatic heterocycles. The van der Waals surface area contributed by atoms with E-state index < -0.39 is 29.6 Å². The van der Waals surface area contributed by atoms with Gasteiger partial charge < -0.3 is 0 Å². The normalized spacial score (nSPS) is 12.7. The Morgan fingerprint density at radius 3 is 1.70 bits per heavy atom. The van der Waals surface area contributed by atoms with Gasteiger partial charge in [-0.05, 0) is 22.6 Å². The van der Waals surface area contributed by atoms with Gasteiger partial charge in [0.25, 0.3) is 0 Å². The fourth-order valence-electron chi connectivity index (χ4n) is 3.07. The molecule has 0 aliphatic carbocycles. The van der Waals surface area contributed by atoms with Crippen molar-refractivity contribution in [3.05, 3.63) is 94.2 Å². The molecule has 0 fully saturated rings. The van der Waals surface area contributed by atoms with Gasteiger partial charge in [-0.3, -0.25) is 9.59 Å². The van der Waals surface area contributed by atoms with Crippen molar-refractivity contribution in [2.45, 2.75) is 12.1 Å². The lowest BCUT2D eigenvalue weighted by Gasteiger charge is -2.26. The standard InChI is InChI=1S/C21H15F3O2S/c22-21(23,24)20(26)18(19(25)16-12-7-13-27-16)17(14-8-3-1-4-9-14)15-10-5-2-6-11-15/h1-13,17-18H. The number of halogens is 3. The zero-order chi connectivity index (χ0) is 19.4. The summed E-state index contributed by atoms with van der Waals surface area (Å²) in [5.74, 6) is -5.76. The second-order valence-corrected chi connectivity index (χ2v) is 6.93. The summed E-state index contributed by atoms with van der Waals surface area (Å²) < 4.78 is 40.2. The van der Waals surface area contributed by atoms with E-state index in [-0.39, 0.29) is 4.88 Å². The highest BCUT2D eigenvalue weighted by molar-refractivity contribution is 7.12. The number of carbonyl (C=O) groups is 2. The Morgan fingerprint density at radius 1 is 0.778 bits per heavy atom. The monoisotopic (exact) mass is 388 g/mol. The van der Waals surface area contributed by atoms with Crippen LogP contribution in [-0.4, -0.2) is 17.7 Å². The molecule has 0 N–H and O–H groups in total. The van der Waals surface area contributed by atoms with E-state index in [2.05, 4.69) is 0 Å². The predicted molar refractivity (Wildman–Crippen MR) is 97.9 cm³/mol. The highest BCUT2D eigenvalue weighted by atomic mass is 32.1. The average Bonchev–Trinajstić information content (AvgIpc) is 3.20. The van der Waals surface area contributed by atoms with Crippen molar-refractivity contribution in [1.82, 2.24) is 0 Å². The third-order valence-corrected chi connectivity index (χ3v) is 5.14. The van der Waals surface area contributed by atoms with Gasteiger partial charge in [-0.15, -0.1) is 11.3 Å². The summed E-state index contributed by atoms with van der Waals surface area (Å²) >= 11 is 1.03. The molecule has 0 spiro atoms.